The maximum atomic E-state index is 12.9. The SMILES string of the molecule is Cc1ccc2c(c1)C(=O)CC1(CCN(C(=O)c3ccc4ocnc4c3)CC1)O2. The van der Waals surface area contributed by atoms with E-state index < -0.39 is 5.60 Å². The molecule has 6 nitrogen and oxygen atoms in total. The average Bonchev–Trinajstić information content (AvgIpc) is 3.17. The molecule has 1 spiro atoms. The van der Waals surface area contributed by atoms with Gasteiger partial charge in [-0.3, -0.25) is 9.59 Å². The van der Waals surface area contributed by atoms with Crippen molar-refractivity contribution >= 4 is 22.8 Å². The summed E-state index contributed by atoms with van der Waals surface area (Å²) in [6.07, 6.45) is 3.03. The number of oxazole rings is 1. The van der Waals surface area contributed by atoms with E-state index in [2.05, 4.69) is 4.98 Å². The zero-order valence-electron chi connectivity index (χ0n) is 15.6. The molecule has 0 saturated carbocycles. The average molecular weight is 376 g/mol. The van der Waals surface area contributed by atoms with Crippen LogP contribution in [0.4, 0.5) is 0 Å². The maximum Gasteiger partial charge on any atom is 0.253 e. The Hall–Kier alpha value is -3.15. The van der Waals surface area contributed by atoms with Crippen LogP contribution in [0, 0.1) is 6.92 Å². The van der Waals surface area contributed by atoms with Crippen LogP contribution in [0.5, 0.6) is 5.75 Å². The van der Waals surface area contributed by atoms with Gasteiger partial charge >= 0.3 is 0 Å². The fourth-order valence-corrected chi connectivity index (χ4v) is 4.18. The Morgan fingerprint density at radius 3 is 2.79 bits per heavy atom. The van der Waals surface area contributed by atoms with Gasteiger partial charge in [0.1, 0.15) is 16.9 Å². The third-order valence-corrected chi connectivity index (χ3v) is 5.78. The van der Waals surface area contributed by atoms with Crippen LogP contribution < -0.4 is 4.74 Å². The zero-order valence-corrected chi connectivity index (χ0v) is 15.6. The second-order valence-electron chi connectivity index (χ2n) is 7.71. The lowest BCUT2D eigenvalue weighted by molar-refractivity contribution is -0.00572. The summed E-state index contributed by atoms with van der Waals surface area (Å²) in [7, 11) is 0. The number of carbonyl (C=O) groups excluding carboxylic acids is 2. The number of aryl methyl sites for hydroxylation is 1. The summed E-state index contributed by atoms with van der Waals surface area (Å²) in [5.41, 5.74) is 3.15. The Morgan fingerprint density at radius 2 is 1.96 bits per heavy atom. The van der Waals surface area contributed by atoms with Crippen molar-refractivity contribution in [2.45, 2.75) is 31.8 Å². The summed E-state index contributed by atoms with van der Waals surface area (Å²) < 4.78 is 11.5. The van der Waals surface area contributed by atoms with Gasteiger partial charge in [0.15, 0.2) is 17.8 Å². The molecule has 1 aromatic heterocycles. The number of ether oxygens (including phenoxy) is 1. The van der Waals surface area contributed by atoms with Crippen LogP contribution in [0.2, 0.25) is 0 Å². The van der Waals surface area contributed by atoms with Crippen molar-refractivity contribution in [2.75, 3.05) is 13.1 Å². The molecule has 0 atom stereocenters. The van der Waals surface area contributed by atoms with E-state index >= 15 is 0 Å². The molecule has 0 unspecified atom stereocenters. The highest BCUT2D eigenvalue weighted by atomic mass is 16.5. The van der Waals surface area contributed by atoms with E-state index in [1.807, 2.05) is 30.0 Å². The monoisotopic (exact) mass is 376 g/mol. The van der Waals surface area contributed by atoms with Crippen molar-refractivity contribution in [1.82, 2.24) is 9.88 Å². The van der Waals surface area contributed by atoms with Crippen molar-refractivity contribution in [3.05, 3.63) is 59.5 Å². The molecule has 0 bridgehead atoms. The van der Waals surface area contributed by atoms with E-state index in [9.17, 15) is 9.59 Å². The topological polar surface area (TPSA) is 72.6 Å². The molecular formula is C22H20N2O4. The molecule has 3 heterocycles. The molecule has 2 aliphatic rings. The first-order chi connectivity index (χ1) is 13.5. The lowest BCUT2D eigenvalue weighted by Crippen LogP contribution is -2.52. The van der Waals surface area contributed by atoms with Crippen LogP contribution in [-0.2, 0) is 0 Å². The molecule has 1 saturated heterocycles. The predicted octanol–water partition coefficient (Wildman–Crippen LogP) is 3.78. The van der Waals surface area contributed by atoms with Crippen molar-refractivity contribution in [3.63, 3.8) is 0 Å². The van der Waals surface area contributed by atoms with Gasteiger partial charge in [-0.1, -0.05) is 11.6 Å². The molecule has 0 N–H and O–H groups in total. The predicted molar refractivity (Wildman–Crippen MR) is 103 cm³/mol. The number of rotatable bonds is 1. The number of hydrogen-bond acceptors (Lipinski definition) is 5. The van der Waals surface area contributed by atoms with Gasteiger partial charge in [-0.05, 0) is 37.3 Å². The fraction of sp³-hybridized carbons (Fsp3) is 0.318. The Bertz CT molecular complexity index is 1090. The van der Waals surface area contributed by atoms with Crippen LogP contribution in [0.25, 0.3) is 11.1 Å². The number of nitrogens with zero attached hydrogens (tertiary/aromatic N) is 2. The highest BCUT2D eigenvalue weighted by Gasteiger charge is 2.43. The standard InChI is InChI=1S/C22H20N2O4/c1-14-2-4-19-16(10-14)18(25)12-22(28-19)6-8-24(9-7-22)21(26)15-3-5-20-17(11-15)23-13-27-20/h2-5,10-11,13H,6-9,12H2,1H3. The number of benzene rings is 2. The number of fused-ring (bicyclic) bond motifs is 2. The third kappa shape index (κ3) is 2.76. The van der Waals surface area contributed by atoms with Gasteiger partial charge in [-0.25, -0.2) is 4.98 Å². The summed E-state index contributed by atoms with van der Waals surface area (Å²) in [5, 5.41) is 0. The number of amides is 1. The third-order valence-electron chi connectivity index (χ3n) is 5.78. The molecule has 0 aliphatic carbocycles. The van der Waals surface area contributed by atoms with Crippen LogP contribution >= 0.6 is 0 Å². The van der Waals surface area contributed by atoms with Gasteiger partial charge in [0.25, 0.3) is 5.91 Å². The van der Waals surface area contributed by atoms with E-state index in [4.69, 9.17) is 9.15 Å². The van der Waals surface area contributed by atoms with Crippen molar-refractivity contribution < 1.29 is 18.7 Å². The first-order valence-corrected chi connectivity index (χ1v) is 9.48. The Morgan fingerprint density at radius 1 is 1.14 bits per heavy atom. The Labute approximate surface area is 162 Å². The van der Waals surface area contributed by atoms with E-state index in [0.29, 0.717) is 60.3 Å². The maximum absolute atomic E-state index is 12.9. The molecule has 2 aromatic carbocycles. The number of carbonyl (C=O) groups is 2. The summed E-state index contributed by atoms with van der Waals surface area (Å²) in [4.78, 5) is 31.5. The Balaban J connectivity index is 1.32. The first kappa shape index (κ1) is 17.0. The molecule has 3 aromatic rings. The van der Waals surface area contributed by atoms with Gasteiger partial charge < -0.3 is 14.1 Å². The van der Waals surface area contributed by atoms with Gasteiger partial charge in [0.05, 0.1) is 12.0 Å². The number of ketones is 1. The molecule has 142 valence electrons. The van der Waals surface area contributed by atoms with Gasteiger partial charge in [0.2, 0.25) is 0 Å². The normalized spacial score (nSPS) is 18.2. The second-order valence-corrected chi connectivity index (χ2v) is 7.71. The van der Waals surface area contributed by atoms with E-state index in [1.54, 1.807) is 18.2 Å². The van der Waals surface area contributed by atoms with E-state index in [-0.39, 0.29) is 11.7 Å². The van der Waals surface area contributed by atoms with Crippen molar-refractivity contribution in [3.8, 4) is 5.75 Å². The van der Waals surface area contributed by atoms with Crippen LogP contribution in [0.3, 0.4) is 0 Å². The first-order valence-electron chi connectivity index (χ1n) is 9.48. The van der Waals surface area contributed by atoms with Crippen molar-refractivity contribution in [2.24, 2.45) is 0 Å². The molecule has 1 amide bonds. The van der Waals surface area contributed by atoms with Gasteiger partial charge in [-0.15, -0.1) is 0 Å². The molecule has 0 radical (unpaired) electrons. The summed E-state index contributed by atoms with van der Waals surface area (Å²) >= 11 is 0. The molecular weight excluding hydrogens is 356 g/mol. The fourth-order valence-electron chi connectivity index (χ4n) is 4.18. The molecule has 5 rings (SSSR count). The lowest BCUT2D eigenvalue weighted by Gasteiger charge is -2.44. The lowest BCUT2D eigenvalue weighted by atomic mass is 9.82. The van der Waals surface area contributed by atoms with Gasteiger partial charge in [0, 0.05) is 31.5 Å². The van der Waals surface area contributed by atoms with Crippen LogP contribution in [-0.4, -0.2) is 40.3 Å². The molecule has 6 heteroatoms. The summed E-state index contributed by atoms with van der Waals surface area (Å²) in [6.45, 7) is 3.09. The van der Waals surface area contributed by atoms with Gasteiger partial charge in [-0.2, -0.15) is 0 Å². The molecule has 1 fully saturated rings. The number of aromatic nitrogens is 1. The largest absolute Gasteiger partial charge is 0.486 e. The molecule has 28 heavy (non-hydrogen) atoms. The number of piperidine rings is 1. The zero-order chi connectivity index (χ0) is 19.3. The quantitative estimate of drug-likeness (QED) is 0.646. The Kier molecular flexibility index (Phi) is 3.75. The van der Waals surface area contributed by atoms with Crippen LogP contribution in [0.15, 0.2) is 47.2 Å². The smallest absolute Gasteiger partial charge is 0.253 e. The number of Topliss-reactive ketones (excluding diaryl/α,β-unsaturated/α-hetero) is 1. The molecule has 2 aliphatic heterocycles. The minimum atomic E-state index is -0.508. The highest BCUT2D eigenvalue weighted by molar-refractivity contribution is 6.00. The summed E-state index contributed by atoms with van der Waals surface area (Å²) in [6, 6.07) is 11.0. The minimum absolute atomic E-state index is 0.0297. The minimum Gasteiger partial charge on any atom is -0.486 e. The van der Waals surface area contributed by atoms with E-state index in [0.717, 1.165) is 5.56 Å². The van der Waals surface area contributed by atoms with Crippen LogP contribution in [0.1, 0.15) is 45.5 Å². The van der Waals surface area contributed by atoms with E-state index in [1.165, 1.54) is 6.39 Å². The number of likely N-dealkylation sites (tertiary alicyclic amines) is 1. The summed E-state index contributed by atoms with van der Waals surface area (Å²) in [5.74, 6) is 0.761. The number of hydrogen-bond donors (Lipinski definition) is 0. The highest BCUT2D eigenvalue weighted by Crippen LogP contribution is 2.39. The second kappa shape index (κ2) is 6.19. The van der Waals surface area contributed by atoms with Crippen molar-refractivity contribution in [1.29, 1.82) is 0 Å².